The Hall–Kier alpha value is -0.940. The smallest absolute Gasteiger partial charge is 0.231 e. The second-order valence-corrected chi connectivity index (χ2v) is 4.27. The van der Waals surface area contributed by atoms with Crippen molar-refractivity contribution in [1.82, 2.24) is 15.5 Å². The number of hydrogen-bond donors (Lipinski definition) is 2. The van der Waals surface area contributed by atoms with Gasteiger partial charge in [-0.2, -0.15) is 4.98 Å². The molecule has 0 saturated carbocycles. The number of nitrogens with zero attached hydrogens (tertiary/aromatic N) is 2. The second kappa shape index (κ2) is 4.72. The highest BCUT2D eigenvalue weighted by molar-refractivity contribution is 4.97. The van der Waals surface area contributed by atoms with Crippen molar-refractivity contribution >= 4 is 0 Å². The minimum absolute atomic E-state index is 0.0833. The molecule has 2 atom stereocenters. The monoisotopic (exact) mass is 210 g/mol. The van der Waals surface area contributed by atoms with E-state index in [2.05, 4.69) is 15.5 Å². The zero-order chi connectivity index (χ0) is 10.7. The predicted molar refractivity (Wildman–Crippen MR) is 56.5 cm³/mol. The predicted octanol–water partition coefficient (Wildman–Crippen LogP) is 0.426. The molecule has 84 valence electrons. The van der Waals surface area contributed by atoms with E-state index in [0.717, 1.165) is 31.2 Å². The summed E-state index contributed by atoms with van der Waals surface area (Å²) in [6.07, 6.45) is 2.99. The Labute approximate surface area is 89.4 Å². The van der Waals surface area contributed by atoms with Crippen LogP contribution < -0.4 is 11.1 Å². The summed E-state index contributed by atoms with van der Waals surface area (Å²) >= 11 is 0. The number of piperidine rings is 1. The Kier molecular flexibility index (Phi) is 3.33. The molecular formula is C10H18N4O. The Bertz CT molecular complexity index is 304. The first-order valence-electron chi connectivity index (χ1n) is 5.54. The average Bonchev–Trinajstić information content (AvgIpc) is 2.67. The lowest BCUT2D eigenvalue weighted by Gasteiger charge is -2.18. The van der Waals surface area contributed by atoms with Crippen molar-refractivity contribution in [1.29, 1.82) is 0 Å². The molecule has 0 spiro atoms. The average molecular weight is 210 g/mol. The Morgan fingerprint density at radius 3 is 3.20 bits per heavy atom. The van der Waals surface area contributed by atoms with Crippen molar-refractivity contribution in [3.8, 4) is 0 Å². The van der Waals surface area contributed by atoms with Gasteiger partial charge in [0.25, 0.3) is 0 Å². The van der Waals surface area contributed by atoms with Gasteiger partial charge in [-0.1, -0.05) is 5.16 Å². The maximum Gasteiger partial charge on any atom is 0.231 e. The van der Waals surface area contributed by atoms with Crippen LogP contribution in [0.25, 0.3) is 0 Å². The van der Waals surface area contributed by atoms with E-state index in [1.54, 1.807) is 0 Å². The van der Waals surface area contributed by atoms with Gasteiger partial charge >= 0.3 is 0 Å². The van der Waals surface area contributed by atoms with Crippen molar-refractivity contribution in [2.24, 2.45) is 5.73 Å². The van der Waals surface area contributed by atoms with Crippen molar-refractivity contribution in [2.45, 2.75) is 38.1 Å². The zero-order valence-electron chi connectivity index (χ0n) is 9.07. The molecule has 2 heterocycles. The number of rotatable bonds is 3. The summed E-state index contributed by atoms with van der Waals surface area (Å²) in [6.45, 7) is 3.98. The van der Waals surface area contributed by atoms with Crippen LogP contribution in [0.2, 0.25) is 0 Å². The van der Waals surface area contributed by atoms with E-state index in [4.69, 9.17) is 10.3 Å². The van der Waals surface area contributed by atoms with Gasteiger partial charge in [-0.3, -0.25) is 0 Å². The van der Waals surface area contributed by atoms with Gasteiger partial charge in [0.1, 0.15) is 0 Å². The molecule has 2 rings (SSSR count). The third-order valence-corrected chi connectivity index (χ3v) is 2.63. The molecule has 1 aromatic rings. The van der Waals surface area contributed by atoms with E-state index in [1.165, 1.54) is 6.42 Å². The minimum atomic E-state index is 0.0833. The molecule has 0 radical (unpaired) electrons. The summed E-state index contributed by atoms with van der Waals surface area (Å²) in [5.74, 6) is 1.87. The van der Waals surface area contributed by atoms with Crippen LogP contribution in [0.4, 0.5) is 0 Å². The number of nitrogens with two attached hydrogens (primary N) is 1. The third-order valence-electron chi connectivity index (χ3n) is 2.63. The lowest BCUT2D eigenvalue weighted by molar-refractivity contribution is 0.320. The molecule has 1 saturated heterocycles. The molecule has 0 aliphatic carbocycles. The lowest BCUT2D eigenvalue weighted by Crippen LogP contribution is -2.28. The fourth-order valence-corrected chi connectivity index (χ4v) is 1.87. The molecule has 1 aliphatic heterocycles. The van der Waals surface area contributed by atoms with Gasteiger partial charge in [0.15, 0.2) is 5.82 Å². The highest BCUT2D eigenvalue weighted by Crippen LogP contribution is 2.21. The first kappa shape index (κ1) is 10.6. The summed E-state index contributed by atoms with van der Waals surface area (Å²) in [5.41, 5.74) is 5.68. The van der Waals surface area contributed by atoms with E-state index < -0.39 is 0 Å². The highest BCUT2D eigenvalue weighted by Gasteiger charge is 2.21. The Balaban J connectivity index is 1.99. The maximum atomic E-state index is 5.68. The van der Waals surface area contributed by atoms with Gasteiger partial charge < -0.3 is 15.6 Å². The number of aromatic nitrogens is 2. The second-order valence-electron chi connectivity index (χ2n) is 4.27. The van der Waals surface area contributed by atoms with Gasteiger partial charge in [-0.15, -0.1) is 0 Å². The lowest BCUT2D eigenvalue weighted by atomic mass is 10.00. The molecule has 0 bridgehead atoms. The van der Waals surface area contributed by atoms with Gasteiger partial charge in [0.2, 0.25) is 5.89 Å². The van der Waals surface area contributed by atoms with E-state index in [9.17, 15) is 0 Å². The molecule has 0 amide bonds. The Morgan fingerprint density at radius 1 is 1.67 bits per heavy atom. The van der Waals surface area contributed by atoms with E-state index >= 15 is 0 Å². The van der Waals surface area contributed by atoms with Crippen molar-refractivity contribution in [2.75, 3.05) is 13.1 Å². The van der Waals surface area contributed by atoms with Crippen LogP contribution in [-0.4, -0.2) is 29.3 Å². The molecule has 3 N–H and O–H groups in total. The zero-order valence-corrected chi connectivity index (χ0v) is 9.07. The highest BCUT2D eigenvalue weighted by atomic mass is 16.5. The minimum Gasteiger partial charge on any atom is -0.339 e. The Morgan fingerprint density at radius 2 is 2.53 bits per heavy atom. The normalized spacial score (nSPS) is 24.0. The molecule has 1 aromatic heterocycles. The van der Waals surface area contributed by atoms with Crippen LogP contribution in [0.1, 0.15) is 37.4 Å². The third kappa shape index (κ3) is 2.76. The SMILES string of the molecule is CC(N)Cc1noc(C2CCCNC2)n1. The van der Waals surface area contributed by atoms with Crippen LogP contribution in [0.5, 0.6) is 0 Å². The van der Waals surface area contributed by atoms with Crippen LogP contribution in [-0.2, 0) is 6.42 Å². The molecule has 5 nitrogen and oxygen atoms in total. The van der Waals surface area contributed by atoms with Crippen LogP contribution in [0.15, 0.2) is 4.52 Å². The van der Waals surface area contributed by atoms with Crippen molar-refractivity contribution in [3.63, 3.8) is 0 Å². The van der Waals surface area contributed by atoms with Gasteiger partial charge in [-0.25, -0.2) is 0 Å². The summed E-state index contributed by atoms with van der Waals surface area (Å²) < 4.78 is 5.25. The summed E-state index contributed by atoms with van der Waals surface area (Å²) in [4.78, 5) is 4.38. The topological polar surface area (TPSA) is 77.0 Å². The summed E-state index contributed by atoms with van der Waals surface area (Å²) in [6, 6.07) is 0.0833. The largest absolute Gasteiger partial charge is 0.339 e. The summed E-state index contributed by atoms with van der Waals surface area (Å²) in [5, 5.41) is 7.27. The maximum absolute atomic E-state index is 5.68. The molecule has 15 heavy (non-hydrogen) atoms. The van der Waals surface area contributed by atoms with E-state index in [-0.39, 0.29) is 6.04 Å². The van der Waals surface area contributed by atoms with Crippen LogP contribution in [0, 0.1) is 0 Å². The first-order chi connectivity index (χ1) is 7.25. The van der Waals surface area contributed by atoms with Gasteiger partial charge in [0.05, 0.1) is 5.92 Å². The number of hydrogen-bond acceptors (Lipinski definition) is 5. The molecular weight excluding hydrogens is 192 g/mol. The molecule has 0 aromatic carbocycles. The van der Waals surface area contributed by atoms with E-state index in [0.29, 0.717) is 12.3 Å². The molecule has 1 fully saturated rings. The van der Waals surface area contributed by atoms with Gasteiger partial charge in [-0.05, 0) is 26.3 Å². The van der Waals surface area contributed by atoms with Crippen molar-refractivity contribution < 1.29 is 4.52 Å². The van der Waals surface area contributed by atoms with Crippen molar-refractivity contribution in [3.05, 3.63) is 11.7 Å². The molecule has 1 aliphatic rings. The van der Waals surface area contributed by atoms with Gasteiger partial charge in [0, 0.05) is 19.0 Å². The fourth-order valence-electron chi connectivity index (χ4n) is 1.87. The fraction of sp³-hybridized carbons (Fsp3) is 0.800. The quantitative estimate of drug-likeness (QED) is 0.756. The number of nitrogens with one attached hydrogen (secondary N) is 1. The first-order valence-corrected chi connectivity index (χ1v) is 5.54. The van der Waals surface area contributed by atoms with E-state index in [1.807, 2.05) is 6.92 Å². The van der Waals surface area contributed by atoms with Crippen LogP contribution in [0.3, 0.4) is 0 Å². The molecule has 2 unspecified atom stereocenters. The standard InChI is InChI=1S/C10H18N4O/c1-7(11)5-9-13-10(15-14-9)8-3-2-4-12-6-8/h7-8,12H,2-6,11H2,1H3. The molecule has 5 heteroatoms. The summed E-state index contributed by atoms with van der Waals surface area (Å²) in [7, 11) is 0. The van der Waals surface area contributed by atoms with Crippen LogP contribution >= 0.6 is 0 Å².